The van der Waals surface area contributed by atoms with Crippen LogP contribution >= 0.6 is 11.3 Å². The van der Waals surface area contributed by atoms with Gasteiger partial charge in [-0.05, 0) is 39.5 Å². The number of rotatable bonds is 5. The largest absolute Gasteiger partial charge is 0.316 e. The van der Waals surface area contributed by atoms with E-state index >= 15 is 0 Å². The van der Waals surface area contributed by atoms with Crippen molar-refractivity contribution in [3.05, 3.63) is 28.7 Å². The van der Waals surface area contributed by atoms with Gasteiger partial charge < -0.3 is 5.32 Å². The van der Waals surface area contributed by atoms with E-state index in [1.165, 1.54) is 0 Å². The maximum Gasteiger partial charge on any atom is 0.217 e. The number of nitrogens with zero attached hydrogens (tertiary/aromatic N) is 4. The van der Waals surface area contributed by atoms with Gasteiger partial charge in [-0.15, -0.1) is 11.3 Å². The first-order valence-electron chi connectivity index (χ1n) is 9.99. The number of aromatic nitrogens is 3. The minimum absolute atomic E-state index is 0.202. The van der Waals surface area contributed by atoms with Crippen LogP contribution in [0.15, 0.2) is 12.3 Å². The van der Waals surface area contributed by atoms with Gasteiger partial charge >= 0.3 is 0 Å². The summed E-state index contributed by atoms with van der Waals surface area (Å²) in [5.74, 6) is 1.30. The predicted octanol–water partition coefficient (Wildman–Crippen LogP) is 4.09. The first-order chi connectivity index (χ1) is 13.4. The Kier molecular flexibility index (Phi) is 5.66. The van der Waals surface area contributed by atoms with Crippen molar-refractivity contribution in [2.45, 2.75) is 70.1 Å². The van der Waals surface area contributed by atoms with Crippen LogP contribution in [0.5, 0.6) is 0 Å². The van der Waals surface area contributed by atoms with Gasteiger partial charge in [0.1, 0.15) is 11.6 Å². The predicted molar refractivity (Wildman–Crippen MR) is 111 cm³/mol. The fourth-order valence-corrected chi connectivity index (χ4v) is 7.18. The molecule has 9 heteroatoms. The number of thiazole rings is 1. The van der Waals surface area contributed by atoms with E-state index in [1.54, 1.807) is 15.6 Å². The SMILES string of the molecule is Cc1nc(Nc2ncc(C)s2)cc([C@@H]2CCCN2S(=O)(=O)C2CCCCC2)n1. The molecule has 1 N–H and O–H groups in total. The van der Waals surface area contributed by atoms with Crippen LogP contribution < -0.4 is 5.32 Å². The Morgan fingerprint density at radius 3 is 2.61 bits per heavy atom. The molecule has 2 aromatic heterocycles. The Morgan fingerprint density at radius 2 is 1.89 bits per heavy atom. The molecular formula is C19H27N5O2S2. The van der Waals surface area contributed by atoms with Gasteiger partial charge in [-0.1, -0.05) is 19.3 Å². The molecule has 0 amide bonds. The summed E-state index contributed by atoms with van der Waals surface area (Å²) >= 11 is 1.56. The Hall–Kier alpha value is -1.58. The number of hydrogen-bond acceptors (Lipinski definition) is 7. The molecule has 3 heterocycles. The molecule has 152 valence electrons. The Labute approximate surface area is 170 Å². The fraction of sp³-hybridized carbons (Fsp3) is 0.632. The minimum atomic E-state index is -3.30. The number of nitrogens with one attached hydrogen (secondary N) is 1. The standard InChI is InChI=1S/C19H27N5O2S2/c1-13-12-20-19(27-13)23-18-11-16(21-14(2)22-18)17-9-6-10-24(17)28(25,26)15-7-4-3-5-8-15/h11-12,15,17H,3-10H2,1-2H3,(H,20,21,22,23)/t17-/m0/s1. The van der Waals surface area contributed by atoms with E-state index in [-0.39, 0.29) is 11.3 Å². The average Bonchev–Trinajstić information content (AvgIpc) is 3.31. The molecule has 28 heavy (non-hydrogen) atoms. The molecule has 1 atom stereocenters. The van der Waals surface area contributed by atoms with Crippen LogP contribution in [0.25, 0.3) is 0 Å². The molecule has 1 aliphatic heterocycles. The van der Waals surface area contributed by atoms with Gasteiger partial charge in [-0.2, -0.15) is 4.31 Å². The molecule has 0 spiro atoms. The molecule has 0 unspecified atom stereocenters. The third-order valence-electron chi connectivity index (χ3n) is 5.56. The molecule has 0 radical (unpaired) electrons. The van der Waals surface area contributed by atoms with Gasteiger partial charge in [0.15, 0.2) is 5.13 Å². The van der Waals surface area contributed by atoms with E-state index in [2.05, 4.69) is 20.3 Å². The van der Waals surface area contributed by atoms with E-state index in [4.69, 9.17) is 0 Å². The number of aryl methyl sites for hydroxylation is 2. The maximum atomic E-state index is 13.3. The van der Waals surface area contributed by atoms with Crippen LogP contribution in [0.4, 0.5) is 10.9 Å². The van der Waals surface area contributed by atoms with Crippen molar-refractivity contribution in [1.29, 1.82) is 0 Å². The minimum Gasteiger partial charge on any atom is -0.316 e. The van der Waals surface area contributed by atoms with E-state index in [0.29, 0.717) is 18.2 Å². The van der Waals surface area contributed by atoms with Crippen LogP contribution in [0.3, 0.4) is 0 Å². The lowest BCUT2D eigenvalue weighted by Gasteiger charge is -2.30. The number of anilines is 2. The van der Waals surface area contributed by atoms with Crippen molar-refractivity contribution in [3.8, 4) is 0 Å². The molecule has 1 aliphatic carbocycles. The van der Waals surface area contributed by atoms with Crippen molar-refractivity contribution in [1.82, 2.24) is 19.3 Å². The van der Waals surface area contributed by atoms with Gasteiger partial charge in [0.2, 0.25) is 10.0 Å². The Balaban J connectivity index is 1.60. The summed E-state index contributed by atoms with van der Waals surface area (Å²) in [7, 11) is -3.30. The summed E-state index contributed by atoms with van der Waals surface area (Å²) in [6, 6.07) is 1.68. The lowest BCUT2D eigenvalue weighted by molar-refractivity contribution is 0.369. The molecule has 4 rings (SSSR count). The summed E-state index contributed by atoms with van der Waals surface area (Å²) in [5.41, 5.74) is 0.778. The van der Waals surface area contributed by atoms with Gasteiger partial charge in [0.05, 0.1) is 17.0 Å². The van der Waals surface area contributed by atoms with Gasteiger partial charge in [0.25, 0.3) is 0 Å². The normalized spacial score (nSPS) is 21.9. The van der Waals surface area contributed by atoms with Crippen LogP contribution in [0, 0.1) is 13.8 Å². The zero-order valence-corrected chi connectivity index (χ0v) is 18.0. The summed E-state index contributed by atoms with van der Waals surface area (Å²) in [5, 5.41) is 3.78. The summed E-state index contributed by atoms with van der Waals surface area (Å²) in [6.45, 7) is 4.43. The Morgan fingerprint density at radius 1 is 1.11 bits per heavy atom. The lowest BCUT2D eigenvalue weighted by Crippen LogP contribution is -2.39. The highest BCUT2D eigenvalue weighted by Crippen LogP contribution is 2.38. The number of sulfonamides is 1. The topological polar surface area (TPSA) is 88.1 Å². The monoisotopic (exact) mass is 421 g/mol. The van der Waals surface area contributed by atoms with E-state index in [9.17, 15) is 8.42 Å². The van der Waals surface area contributed by atoms with Crippen molar-refractivity contribution >= 4 is 32.3 Å². The maximum absolute atomic E-state index is 13.3. The molecule has 2 aromatic rings. The summed E-state index contributed by atoms with van der Waals surface area (Å²) in [6.07, 6.45) is 8.22. The summed E-state index contributed by atoms with van der Waals surface area (Å²) < 4.78 is 28.3. The zero-order chi connectivity index (χ0) is 19.7. The van der Waals surface area contributed by atoms with Crippen LogP contribution in [-0.2, 0) is 10.0 Å². The van der Waals surface area contributed by atoms with Gasteiger partial charge in [-0.25, -0.2) is 23.4 Å². The smallest absolute Gasteiger partial charge is 0.217 e. The third kappa shape index (κ3) is 4.06. The molecule has 1 saturated carbocycles. The first-order valence-corrected chi connectivity index (χ1v) is 12.3. The Bertz CT molecular complexity index is 938. The van der Waals surface area contributed by atoms with E-state index in [1.807, 2.05) is 26.1 Å². The molecular weight excluding hydrogens is 394 g/mol. The van der Waals surface area contributed by atoms with Gasteiger partial charge in [0, 0.05) is 23.7 Å². The highest BCUT2D eigenvalue weighted by atomic mass is 32.2. The van der Waals surface area contributed by atoms with Crippen LogP contribution in [0.2, 0.25) is 0 Å². The molecule has 2 fully saturated rings. The molecule has 0 aromatic carbocycles. The summed E-state index contributed by atoms with van der Waals surface area (Å²) in [4.78, 5) is 14.5. The van der Waals surface area contributed by atoms with Gasteiger partial charge in [-0.3, -0.25) is 0 Å². The molecule has 1 saturated heterocycles. The van der Waals surface area contributed by atoms with Crippen LogP contribution in [-0.4, -0.2) is 39.5 Å². The van der Waals surface area contributed by atoms with E-state index in [0.717, 1.165) is 60.6 Å². The lowest BCUT2D eigenvalue weighted by atomic mass is 10.0. The van der Waals surface area contributed by atoms with Crippen molar-refractivity contribution in [3.63, 3.8) is 0 Å². The van der Waals surface area contributed by atoms with Crippen molar-refractivity contribution < 1.29 is 8.42 Å². The highest BCUT2D eigenvalue weighted by Gasteiger charge is 2.40. The number of hydrogen-bond donors (Lipinski definition) is 1. The quantitative estimate of drug-likeness (QED) is 0.782. The second kappa shape index (κ2) is 8.04. The van der Waals surface area contributed by atoms with Crippen molar-refractivity contribution in [2.24, 2.45) is 0 Å². The third-order valence-corrected chi connectivity index (χ3v) is 8.79. The second-order valence-corrected chi connectivity index (χ2v) is 11.1. The molecule has 0 bridgehead atoms. The van der Waals surface area contributed by atoms with E-state index < -0.39 is 10.0 Å². The molecule has 7 nitrogen and oxygen atoms in total. The zero-order valence-electron chi connectivity index (χ0n) is 16.4. The second-order valence-electron chi connectivity index (χ2n) is 7.70. The fourth-order valence-electron chi connectivity index (χ4n) is 4.24. The highest BCUT2D eigenvalue weighted by molar-refractivity contribution is 7.89. The molecule has 2 aliphatic rings. The van der Waals surface area contributed by atoms with Crippen LogP contribution in [0.1, 0.15) is 67.4 Å². The average molecular weight is 422 g/mol. The van der Waals surface area contributed by atoms with Crippen molar-refractivity contribution in [2.75, 3.05) is 11.9 Å². The first kappa shape index (κ1) is 19.7.